The molecule has 140 valence electrons. The Kier molecular flexibility index (Phi) is 5.35. The number of halogens is 1. The molecule has 0 spiro atoms. The number of hydrogen-bond acceptors (Lipinski definition) is 6. The van der Waals surface area contributed by atoms with Crippen LogP contribution in [-0.2, 0) is 0 Å². The van der Waals surface area contributed by atoms with Crippen LogP contribution in [0.4, 0.5) is 4.39 Å². The molecule has 2 aromatic carbocycles. The highest BCUT2D eigenvalue weighted by atomic mass is 19.1. The number of hydrogen-bond donors (Lipinski definition) is 1. The Labute approximate surface area is 155 Å². The highest BCUT2D eigenvalue weighted by Crippen LogP contribution is 2.28. The number of rotatable bonds is 6. The van der Waals surface area contributed by atoms with Crippen molar-refractivity contribution in [2.24, 2.45) is 0 Å². The maximum Gasteiger partial charge on any atom is 0.252 e. The van der Waals surface area contributed by atoms with E-state index >= 15 is 0 Å². The first-order chi connectivity index (χ1) is 13.0. The van der Waals surface area contributed by atoms with Crippen LogP contribution >= 0.6 is 0 Å². The zero-order valence-electron chi connectivity index (χ0n) is 15.0. The molecule has 0 aliphatic carbocycles. The van der Waals surface area contributed by atoms with Crippen molar-refractivity contribution in [2.75, 3.05) is 14.2 Å². The molecule has 0 bridgehead atoms. The molecule has 0 saturated carbocycles. The predicted octanol–water partition coefficient (Wildman–Crippen LogP) is 3.38. The highest BCUT2D eigenvalue weighted by molar-refractivity contribution is 5.95. The maximum absolute atomic E-state index is 13.0. The van der Waals surface area contributed by atoms with E-state index in [1.54, 1.807) is 37.3 Å². The van der Waals surface area contributed by atoms with Gasteiger partial charge in [0, 0.05) is 11.1 Å². The number of methoxy groups -OCH3 is 2. The van der Waals surface area contributed by atoms with E-state index in [1.165, 1.54) is 26.4 Å². The summed E-state index contributed by atoms with van der Waals surface area (Å²) in [7, 11) is 3.02. The smallest absolute Gasteiger partial charge is 0.252 e. The Morgan fingerprint density at radius 3 is 2.48 bits per heavy atom. The zero-order chi connectivity index (χ0) is 19.4. The van der Waals surface area contributed by atoms with Crippen LogP contribution in [0.25, 0.3) is 11.4 Å². The van der Waals surface area contributed by atoms with Gasteiger partial charge in [0.2, 0.25) is 11.7 Å². The number of amides is 1. The molecule has 0 aliphatic heterocycles. The fourth-order valence-electron chi connectivity index (χ4n) is 2.45. The Hall–Kier alpha value is -3.42. The van der Waals surface area contributed by atoms with Gasteiger partial charge in [-0.25, -0.2) is 4.39 Å². The molecule has 3 rings (SSSR count). The molecule has 8 heteroatoms. The van der Waals surface area contributed by atoms with Crippen LogP contribution in [0.2, 0.25) is 0 Å². The van der Waals surface area contributed by atoms with Crippen LogP contribution in [0.1, 0.15) is 29.2 Å². The summed E-state index contributed by atoms with van der Waals surface area (Å²) in [5, 5.41) is 6.65. The Balaban J connectivity index is 1.72. The quantitative estimate of drug-likeness (QED) is 0.715. The predicted molar refractivity (Wildman–Crippen MR) is 95.1 cm³/mol. The van der Waals surface area contributed by atoms with E-state index in [4.69, 9.17) is 14.0 Å². The Morgan fingerprint density at radius 2 is 1.81 bits per heavy atom. The fraction of sp³-hybridized carbons (Fsp3) is 0.211. The summed E-state index contributed by atoms with van der Waals surface area (Å²) in [6.07, 6.45) is 0. The molecule has 3 aromatic rings. The van der Waals surface area contributed by atoms with Crippen molar-refractivity contribution in [3.63, 3.8) is 0 Å². The average molecular weight is 371 g/mol. The normalized spacial score (nSPS) is 11.7. The molecule has 7 nitrogen and oxygen atoms in total. The minimum absolute atomic E-state index is 0.239. The number of nitrogens with one attached hydrogen (secondary N) is 1. The number of benzene rings is 2. The SMILES string of the molecule is COc1ccc(C(=O)NC(C)c2nc(-c3ccc(F)cc3)no2)cc1OC. The third-order valence-electron chi connectivity index (χ3n) is 3.91. The summed E-state index contributed by atoms with van der Waals surface area (Å²) in [6, 6.07) is 10.1. The highest BCUT2D eigenvalue weighted by Gasteiger charge is 2.19. The summed E-state index contributed by atoms with van der Waals surface area (Å²) in [6.45, 7) is 1.72. The van der Waals surface area contributed by atoms with E-state index in [-0.39, 0.29) is 17.6 Å². The molecule has 1 aromatic heterocycles. The minimum Gasteiger partial charge on any atom is -0.493 e. The van der Waals surface area contributed by atoms with Gasteiger partial charge in [-0.15, -0.1) is 0 Å². The molecular weight excluding hydrogens is 353 g/mol. The lowest BCUT2D eigenvalue weighted by molar-refractivity contribution is 0.0932. The first-order valence-electron chi connectivity index (χ1n) is 8.14. The fourth-order valence-corrected chi connectivity index (χ4v) is 2.45. The van der Waals surface area contributed by atoms with Crippen LogP contribution in [-0.4, -0.2) is 30.3 Å². The van der Waals surface area contributed by atoms with E-state index in [0.717, 1.165) is 0 Å². The minimum atomic E-state index is -0.521. The van der Waals surface area contributed by atoms with Gasteiger partial charge in [0.15, 0.2) is 11.5 Å². The third-order valence-corrected chi connectivity index (χ3v) is 3.91. The van der Waals surface area contributed by atoms with E-state index in [0.29, 0.717) is 28.5 Å². The molecule has 27 heavy (non-hydrogen) atoms. The van der Waals surface area contributed by atoms with Gasteiger partial charge < -0.3 is 19.3 Å². The molecule has 1 unspecified atom stereocenters. The van der Waals surface area contributed by atoms with Crippen molar-refractivity contribution in [2.45, 2.75) is 13.0 Å². The van der Waals surface area contributed by atoms with Crippen LogP contribution in [0.15, 0.2) is 47.0 Å². The monoisotopic (exact) mass is 371 g/mol. The number of ether oxygens (including phenoxy) is 2. The summed E-state index contributed by atoms with van der Waals surface area (Å²) in [5.41, 5.74) is 1.02. The molecule has 1 N–H and O–H groups in total. The average Bonchev–Trinajstić information content (AvgIpc) is 3.18. The van der Waals surface area contributed by atoms with Crippen molar-refractivity contribution in [1.29, 1.82) is 0 Å². The Bertz CT molecular complexity index is 940. The van der Waals surface area contributed by atoms with Crippen LogP contribution in [0.5, 0.6) is 11.5 Å². The van der Waals surface area contributed by atoms with Crippen LogP contribution in [0.3, 0.4) is 0 Å². The van der Waals surface area contributed by atoms with Crippen molar-refractivity contribution in [3.8, 4) is 22.9 Å². The Morgan fingerprint density at radius 1 is 1.11 bits per heavy atom. The van der Waals surface area contributed by atoms with Gasteiger partial charge in [-0.1, -0.05) is 5.16 Å². The first-order valence-corrected chi connectivity index (χ1v) is 8.14. The van der Waals surface area contributed by atoms with Gasteiger partial charge in [0.05, 0.1) is 14.2 Å². The van der Waals surface area contributed by atoms with E-state index in [1.807, 2.05) is 0 Å². The second kappa shape index (κ2) is 7.86. The maximum atomic E-state index is 13.0. The van der Waals surface area contributed by atoms with Gasteiger partial charge in [-0.05, 0) is 49.4 Å². The molecular formula is C19H18FN3O4. The number of aromatic nitrogens is 2. The topological polar surface area (TPSA) is 86.5 Å². The van der Waals surface area contributed by atoms with Gasteiger partial charge in [-0.2, -0.15) is 4.98 Å². The molecule has 0 fully saturated rings. The van der Waals surface area contributed by atoms with Crippen LogP contribution in [0, 0.1) is 5.82 Å². The first kappa shape index (κ1) is 18.4. The summed E-state index contributed by atoms with van der Waals surface area (Å²) < 4.78 is 28.6. The van der Waals surface area contributed by atoms with Gasteiger partial charge >= 0.3 is 0 Å². The lowest BCUT2D eigenvalue weighted by Crippen LogP contribution is -2.26. The summed E-state index contributed by atoms with van der Waals surface area (Å²) >= 11 is 0. The summed E-state index contributed by atoms with van der Waals surface area (Å²) in [5.74, 6) is 0.862. The third kappa shape index (κ3) is 4.05. The van der Waals surface area contributed by atoms with E-state index in [2.05, 4.69) is 15.5 Å². The lowest BCUT2D eigenvalue weighted by atomic mass is 10.1. The summed E-state index contributed by atoms with van der Waals surface area (Å²) in [4.78, 5) is 16.7. The molecule has 1 amide bonds. The second-order valence-corrected chi connectivity index (χ2v) is 5.73. The van der Waals surface area contributed by atoms with Crippen molar-refractivity contribution in [3.05, 3.63) is 59.7 Å². The second-order valence-electron chi connectivity index (χ2n) is 5.73. The van der Waals surface area contributed by atoms with Gasteiger partial charge in [-0.3, -0.25) is 4.79 Å². The number of nitrogens with zero attached hydrogens (tertiary/aromatic N) is 2. The molecule has 0 aliphatic rings. The van der Waals surface area contributed by atoms with Gasteiger partial charge in [0.25, 0.3) is 5.91 Å². The largest absolute Gasteiger partial charge is 0.493 e. The molecule has 0 saturated heterocycles. The molecule has 1 heterocycles. The lowest BCUT2D eigenvalue weighted by Gasteiger charge is -2.12. The van der Waals surface area contributed by atoms with Crippen molar-refractivity contribution < 1.29 is 23.2 Å². The molecule has 1 atom stereocenters. The number of carbonyl (C=O) groups excluding carboxylic acids is 1. The van der Waals surface area contributed by atoms with Crippen LogP contribution < -0.4 is 14.8 Å². The van der Waals surface area contributed by atoms with Crippen molar-refractivity contribution in [1.82, 2.24) is 15.5 Å². The van der Waals surface area contributed by atoms with E-state index in [9.17, 15) is 9.18 Å². The standard InChI is InChI=1S/C19H18FN3O4/c1-11(19-22-17(23-27-19)12-4-7-14(20)8-5-12)21-18(24)13-6-9-15(25-2)16(10-13)26-3/h4-11H,1-3H3,(H,21,24). The zero-order valence-corrected chi connectivity index (χ0v) is 15.0. The number of carbonyl (C=O) groups is 1. The van der Waals surface area contributed by atoms with Gasteiger partial charge in [0.1, 0.15) is 11.9 Å². The van der Waals surface area contributed by atoms with Crippen molar-refractivity contribution >= 4 is 5.91 Å². The van der Waals surface area contributed by atoms with E-state index < -0.39 is 6.04 Å². The molecule has 0 radical (unpaired) electrons.